The van der Waals surface area contributed by atoms with Gasteiger partial charge >= 0.3 is 11.9 Å². The van der Waals surface area contributed by atoms with E-state index in [1.807, 2.05) is 0 Å². The van der Waals surface area contributed by atoms with Crippen LogP contribution in [0.25, 0.3) is 17.4 Å². The van der Waals surface area contributed by atoms with Gasteiger partial charge in [-0.05, 0) is 37.3 Å². The third-order valence-electron chi connectivity index (χ3n) is 3.81. The van der Waals surface area contributed by atoms with Crippen molar-refractivity contribution in [3.05, 3.63) is 51.6 Å². The minimum Gasteiger partial charge on any atom is -0.480 e. The number of thiocarbonyl (C=S) groups is 1. The molecule has 1 saturated heterocycles. The predicted octanol–water partition coefficient (Wildman–Crippen LogP) is 4.06. The van der Waals surface area contributed by atoms with Crippen molar-refractivity contribution in [2.24, 2.45) is 0 Å². The minimum absolute atomic E-state index is 0.173. The number of halogens is 1. The first-order valence-electron chi connectivity index (χ1n) is 8.34. The quantitative estimate of drug-likeness (QED) is 0.399. The second-order valence-corrected chi connectivity index (χ2v) is 7.86. The summed E-state index contributed by atoms with van der Waals surface area (Å²) in [5.41, 5.74) is 0.828. The first-order valence-corrected chi connectivity index (χ1v) is 9.94. The highest BCUT2D eigenvalue weighted by molar-refractivity contribution is 8.26. The predicted molar refractivity (Wildman–Crippen MR) is 113 cm³/mol. The number of nitrogens with zero attached hydrogens (tertiary/aromatic N) is 1. The lowest BCUT2D eigenvalue weighted by Gasteiger charge is -2.09. The molecule has 1 N–H and O–H groups in total. The van der Waals surface area contributed by atoms with Crippen LogP contribution in [0.5, 0.6) is 0 Å². The number of hydrogen-bond acceptors (Lipinski definition) is 7. The molecule has 1 aromatic carbocycles. The molecule has 150 valence electrons. The Balaban J connectivity index is 1.85. The van der Waals surface area contributed by atoms with Crippen molar-refractivity contribution < 1.29 is 28.6 Å². The number of hydrogen-bond donors (Lipinski definition) is 1. The van der Waals surface area contributed by atoms with Gasteiger partial charge in [0, 0.05) is 11.6 Å². The standard InChI is InChI=1S/C19H14ClNO6S2/c1-2-26-18(25)12-7-10(3-5-13(12)20)14-6-4-11(27-14)8-15-17(24)21(9-16(22)23)19(28)29-15/h3-8H,2,9H2,1H3,(H,22,23)/b15-8+. The topological polar surface area (TPSA) is 97.0 Å². The fourth-order valence-electron chi connectivity index (χ4n) is 2.53. The van der Waals surface area contributed by atoms with Crippen LogP contribution in [0.4, 0.5) is 0 Å². The molecule has 0 bridgehead atoms. The normalized spacial score (nSPS) is 15.2. The Morgan fingerprint density at radius 2 is 2.10 bits per heavy atom. The molecule has 0 radical (unpaired) electrons. The van der Waals surface area contributed by atoms with E-state index < -0.39 is 24.4 Å². The molecule has 3 rings (SSSR count). The van der Waals surface area contributed by atoms with E-state index in [4.69, 9.17) is 38.1 Å². The summed E-state index contributed by atoms with van der Waals surface area (Å²) < 4.78 is 10.9. The van der Waals surface area contributed by atoms with Crippen LogP contribution < -0.4 is 0 Å². The molecular formula is C19H14ClNO6S2. The fourth-order valence-corrected chi connectivity index (χ4v) is 3.96. The van der Waals surface area contributed by atoms with Gasteiger partial charge in [0.2, 0.25) is 0 Å². The zero-order valence-corrected chi connectivity index (χ0v) is 17.4. The van der Waals surface area contributed by atoms with Gasteiger partial charge in [0.05, 0.1) is 22.1 Å². The van der Waals surface area contributed by atoms with E-state index >= 15 is 0 Å². The summed E-state index contributed by atoms with van der Waals surface area (Å²) in [6.07, 6.45) is 1.49. The van der Waals surface area contributed by atoms with Gasteiger partial charge in [-0.3, -0.25) is 14.5 Å². The zero-order chi connectivity index (χ0) is 21.1. The van der Waals surface area contributed by atoms with Gasteiger partial charge in [0.15, 0.2) is 0 Å². The Morgan fingerprint density at radius 1 is 1.34 bits per heavy atom. The molecule has 2 aromatic rings. The van der Waals surface area contributed by atoms with E-state index in [2.05, 4.69) is 0 Å². The number of furan rings is 1. The Kier molecular flexibility index (Phi) is 6.41. The van der Waals surface area contributed by atoms with Crippen LogP contribution in [0.1, 0.15) is 23.0 Å². The number of carbonyl (C=O) groups is 3. The SMILES string of the molecule is CCOC(=O)c1cc(-c2ccc(/C=C3/SC(=S)N(CC(=O)O)C3=O)o2)ccc1Cl. The van der Waals surface area contributed by atoms with Crippen molar-refractivity contribution in [1.29, 1.82) is 0 Å². The molecule has 2 heterocycles. The number of carboxylic acid groups (broad SMARTS) is 1. The monoisotopic (exact) mass is 451 g/mol. The highest BCUT2D eigenvalue weighted by Gasteiger charge is 2.33. The number of carboxylic acids is 1. The average Bonchev–Trinajstić information content (AvgIpc) is 3.23. The highest BCUT2D eigenvalue weighted by atomic mass is 35.5. The first kappa shape index (κ1) is 21.1. The van der Waals surface area contributed by atoms with Crippen molar-refractivity contribution in [1.82, 2.24) is 4.90 Å². The average molecular weight is 452 g/mol. The van der Waals surface area contributed by atoms with Gasteiger partial charge < -0.3 is 14.3 Å². The summed E-state index contributed by atoms with van der Waals surface area (Å²) in [5.74, 6) is -1.34. The molecule has 1 aliphatic rings. The Morgan fingerprint density at radius 3 is 2.79 bits per heavy atom. The van der Waals surface area contributed by atoms with Crippen molar-refractivity contribution in [2.45, 2.75) is 6.92 Å². The maximum Gasteiger partial charge on any atom is 0.339 e. The van der Waals surface area contributed by atoms with E-state index in [9.17, 15) is 14.4 Å². The van der Waals surface area contributed by atoms with Gasteiger partial charge in [0.1, 0.15) is 22.4 Å². The molecule has 1 aromatic heterocycles. The largest absolute Gasteiger partial charge is 0.480 e. The first-order chi connectivity index (χ1) is 13.8. The lowest BCUT2D eigenvalue weighted by atomic mass is 10.1. The van der Waals surface area contributed by atoms with Crippen LogP contribution in [0.2, 0.25) is 5.02 Å². The number of esters is 1. The van der Waals surface area contributed by atoms with Gasteiger partial charge in [-0.25, -0.2) is 4.79 Å². The number of amides is 1. The summed E-state index contributed by atoms with van der Waals surface area (Å²) in [6.45, 7) is 1.44. The molecule has 10 heteroatoms. The van der Waals surface area contributed by atoms with Crippen LogP contribution in [0.3, 0.4) is 0 Å². The third-order valence-corrected chi connectivity index (χ3v) is 5.52. The summed E-state index contributed by atoms with van der Waals surface area (Å²) in [5, 5.41) is 9.15. The summed E-state index contributed by atoms with van der Waals surface area (Å²) >= 11 is 12.1. The maximum absolute atomic E-state index is 12.3. The van der Waals surface area contributed by atoms with Crippen LogP contribution in [-0.4, -0.2) is 45.3 Å². The van der Waals surface area contributed by atoms with Crippen LogP contribution >= 0.6 is 35.6 Å². The van der Waals surface area contributed by atoms with E-state index in [0.717, 1.165) is 16.7 Å². The Hall–Kier alpha value is -2.62. The summed E-state index contributed by atoms with van der Waals surface area (Å²) in [4.78, 5) is 36.5. The highest BCUT2D eigenvalue weighted by Crippen LogP contribution is 2.34. The molecule has 29 heavy (non-hydrogen) atoms. The fraction of sp³-hybridized carbons (Fsp3) is 0.158. The molecule has 1 amide bonds. The van der Waals surface area contributed by atoms with Gasteiger partial charge in [0.25, 0.3) is 5.91 Å². The lowest BCUT2D eigenvalue weighted by Crippen LogP contribution is -2.33. The molecule has 0 spiro atoms. The summed E-state index contributed by atoms with van der Waals surface area (Å²) in [6, 6.07) is 8.16. The molecule has 1 fully saturated rings. The van der Waals surface area contributed by atoms with Crippen LogP contribution in [-0.2, 0) is 14.3 Å². The number of ether oxygens (including phenoxy) is 1. The van der Waals surface area contributed by atoms with E-state index in [0.29, 0.717) is 17.1 Å². The Labute approximate surface area is 180 Å². The van der Waals surface area contributed by atoms with Crippen LogP contribution in [0.15, 0.2) is 39.7 Å². The number of carbonyl (C=O) groups excluding carboxylic acids is 2. The zero-order valence-electron chi connectivity index (χ0n) is 15.0. The maximum atomic E-state index is 12.3. The van der Waals surface area contributed by atoms with Gasteiger partial charge in [-0.2, -0.15) is 0 Å². The smallest absolute Gasteiger partial charge is 0.339 e. The second-order valence-electron chi connectivity index (χ2n) is 5.78. The van der Waals surface area contributed by atoms with Crippen molar-refractivity contribution >= 4 is 63.8 Å². The molecular weight excluding hydrogens is 438 g/mol. The number of thioether (sulfide) groups is 1. The van der Waals surface area contributed by atoms with Gasteiger partial charge in [-0.15, -0.1) is 0 Å². The Bertz CT molecular complexity index is 1050. The van der Waals surface area contributed by atoms with Crippen LogP contribution in [0, 0.1) is 0 Å². The number of rotatable bonds is 6. The molecule has 0 unspecified atom stereocenters. The van der Waals surface area contributed by atoms with Gasteiger partial charge in [-0.1, -0.05) is 35.6 Å². The number of benzene rings is 1. The van der Waals surface area contributed by atoms with E-state index in [1.54, 1.807) is 37.3 Å². The summed E-state index contributed by atoms with van der Waals surface area (Å²) in [7, 11) is 0. The van der Waals surface area contributed by atoms with E-state index in [-0.39, 0.29) is 26.4 Å². The third kappa shape index (κ3) is 4.69. The van der Waals surface area contributed by atoms with Crippen molar-refractivity contribution in [2.75, 3.05) is 13.2 Å². The van der Waals surface area contributed by atoms with E-state index in [1.165, 1.54) is 6.08 Å². The molecule has 7 nitrogen and oxygen atoms in total. The second kappa shape index (κ2) is 8.81. The molecule has 0 atom stereocenters. The van der Waals surface area contributed by atoms with Crippen molar-refractivity contribution in [3.63, 3.8) is 0 Å². The molecule has 0 saturated carbocycles. The minimum atomic E-state index is -1.15. The molecule has 0 aliphatic carbocycles. The molecule has 1 aliphatic heterocycles. The van der Waals surface area contributed by atoms with Crippen molar-refractivity contribution in [3.8, 4) is 11.3 Å². The lowest BCUT2D eigenvalue weighted by molar-refractivity contribution is -0.140. The number of aliphatic carboxylic acids is 1.